The molecule has 0 saturated carbocycles. The van der Waals surface area contributed by atoms with E-state index >= 15 is 0 Å². The smallest absolute Gasteiger partial charge is 0.0210 e. The highest BCUT2D eigenvalue weighted by Crippen LogP contribution is 2.11. The predicted octanol–water partition coefficient (Wildman–Crippen LogP) is 4.30. The Balaban J connectivity index is 2.58. The average Bonchev–Trinajstić information content (AvgIpc) is 2.29. The average molecular weight is 201 g/mol. The lowest BCUT2D eigenvalue weighted by molar-refractivity contribution is 0.724. The number of unbranched alkanes of at least 4 members (excludes halogenated alkanes) is 2. The van der Waals surface area contributed by atoms with E-state index < -0.39 is 0 Å². The normalized spacial score (nSPS) is 11.4. The maximum Gasteiger partial charge on any atom is 0.0210 e. The molecule has 1 nitrogen and oxygen atoms in total. The lowest BCUT2D eigenvalue weighted by Crippen LogP contribution is -1.85. The molecule has 0 radical (unpaired) electrons. The van der Waals surface area contributed by atoms with Crippen LogP contribution in [0.5, 0.6) is 0 Å². The van der Waals surface area contributed by atoms with Crippen LogP contribution >= 0.6 is 0 Å². The number of rotatable bonds is 6. The maximum absolute atomic E-state index is 7.35. The topological polar surface area (TPSA) is 23.9 Å². The van der Waals surface area contributed by atoms with Crippen molar-refractivity contribution in [3.05, 3.63) is 41.5 Å². The summed E-state index contributed by atoms with van der Waals surface area (Å²) in [6.07, 6.45) is 8.26. The van der Waals surface area contributed by atoms with Crippen LogP contribution in [0.25, 0.3) is 6.08 Å². The first-order valence-electron chi connectivity index (χ1n) is 5.63. The van der Waals surface area contributed by atoms with Crippen molar-refractivity contribution in [3.8, 4) is 0 Å². The first-order chi connectivity index (χ1) is 7.36. The van der Waals surface area contributed by atoms with E-state index in [4.69, 9.17) is 5.41 Å². The quantitative estimate of drug-likeness (QED) is 0.524. The first kappa shape index (κ1) is 11.7. The second-order valence-electron chi connectivity index (χ2n) is 3.73. The molecule has 0 fully saturated rings. The molecule has 1 aromatic rings. The minimum absolute atomic E-state index is 1.02. The Labute approximate surface area is 92.3 Å². The molecule has 0 bridgehead atoms. The van der Waals surface area contributed by atoms with E-state index in [1.54, 1.807) is 0 Å². The molecule has 1 heteroatoms. The van der Waals surface area contributed by atoms with E-state index in [2.05, 4.69) is 25.1 Å². The number of nitrogens with one attached hydrogen (secondary N) is 1. The van der Waals surface area contributed by atoms with E-state index in [0.717, 1.165) is 12.0 Å². The molecule has 0 unspecified atom stereocenters. The van der Waals surface area contributed by atoms with Crippen LogP contribution in [0.4, 0.5) is 0 Å². The van der Waals surface area contributed by atoms with Crippen LogP contribution in [0.3, 0.4) is 0 Å². The van der Waals surface area contributed by atoms with Crippen LogP contribution < -0.4 is 0 Å². The number of allylic oxidation sites excluding steroid dienone is 1. The van der Waals surface area contributed by atoms with Gasteiger partial charge in [-0.15, -0.1) is 0 Å². The van der Waals surface area contributed by atoms with Gasteiger partial charge in [-0.05, 0) is 24.0 Å². The van der Waals surface area contributed by atoms with Gasteiger partial charge in [-0.1, -0.05) is 56.2 Å². The van der Waals surface area contributed by atoms with Gasteiger partial charge in [-0.25, -0.2) is 0 Å². The van der Waals surface area contributed by atoms with Crippen LogP contribution in [0, 0.1) is 5.41 Å². The van der Waals surface area contributed by atoms with Gasteiger partial charge in [0.1, 0.15) is 0 Å². The lowest BCUT2D eigenvalue weighted by Gasteiger charge is -2.00. The Hall–Kier alpha value is -1.37. The summed E-state index contributed by atoms with van der Waals surface area (Å²) >= 11 is 0. The Bertz CT molecular complexity index is 311. The van der Waals surface area contributed by atoms with E-state index in [1.165, 1.54) is 31.0 Å². The van der Waals surface area contributed by atoms with Gasteiger partial charge in [0.05, 0.1) is 0 Å². The lowest BCUT2D eigenvalue weighted by atomic mass is 10.1. The van der Waals surface area contributed by atoms with Gasteiger partial charge >= 0.3 is 0 Å². The third kappa shape index (κ3) is 4.59. The highest BCUT2D eigenvalue weighted by atomic mass is 14.3. The molecule has 0 atom stereocenters. The highest BCUT2D eigenvalue weighted by Gasteiger charge is 1.94. The Morgan fingerprint density at radius 2 is 1.93 bits per heavy atom. The van der Waals surface area contributed by atoms with Gasteiger partial charge in [0, 0.05) is 6.21 Å². The molecular weight excluding hydrogens is 182 g/mol. The number of hydrogen-bond acceptors (Lipinski definition) is 1. The fourth-order valence-electron chi connectivity index (χ4n) is 1.53. The minimum atomic E-state index is 1.02. The van der Waals surface area contributed by atoms with Crippen LogP contribution in [0.2, 0.25) is 0 Å². The molecule has 0 aliphatic heterocycles. The van der Waals surface area contributed by atoms with Gasteiger partial charge in [0.15, 0.2) is 0 Å². The minimum Gasteiger partial charge on any atom is -0.308 e. The summed E-state index contributed by atoms with van der Waals surface area (Å²) in [6.45, 7) is 2.20. The highest BCUT2D eigenvalue weighted by molar-refractivity contribution is 5.83. The monoisotopic (exact) mass is 201 g/mol. The molecule has 0 aliphatic rings. The summed E-state index contributed by atoms with van der Waals surface area (Å²) < 4.78 is 0. The second-order valence-corrected chi connectivity index (χ2v) is 3.73. The van der Waals surface area contributed by atoms with Crippen molar-refractivity contribution in [1.29, 1.82) is 5.41 Å². The van der Waals surface area contributed by atoms with Crippen molar-refractivity contribution in [2.24, 2.45) is 0 Å². The molecule has 0 aromatic heterocycles. The predicted molar refractivity (Wildman–Crippen MR) is 67.3 cm³/mol. The molecule has 1 N–H and O–H groups in total. The van der Waals surface area contributed by atoms with Gasteiger partial charge in [-0.3, -0.25) is 0 Å². The van der Waals surface area contributed by atoms with Crippen LogP contribution in [-0.4, -0.2) is 6.21 Å². The molecule has 0 heterocycles. The first-order valence-corrected chi connectivity index (χ1v) is 5.63. The molecule has 0 spiro atoms. The Morgan fingerprint density at radius 1 is 1.20 bits per heavy atom. The zero-order valence-electron chi connectivity index (χ0n) is 9.37. The maximum atomic E-state index is 7.35. The van der Waals surface area contributed by atoms with Crippen LogP contribution in [0.15, 0.2) is 35.9 Å². The van der Waals surface area contributed by atoms with E-state index in [-0.39, 0.29) is 0 Å². The summed E-state index contributed by atoms with van der Waals surface area (Å²) in [5.74, 6) is 0. The van der Waals surface area contributed by atoms with E-state index in [9.17, 15) is 0 Å². The largest absolute Gasteiger partial charge is 0.308 e. The van der Waals surface area contributed by atoms with Crippen molar-refractivity contribution >= 4 is 12.3 Å². The molecule has 1 rings (SSSR count). The fraction of sp³-hybridized carbons (Fsp3) is 0.357. The molecule has 1 aromatic carbocycles. The third-order valence-corrected chi connectivity index (χ3v) is 2.41. The summed E-state index contributed by atoms with van der Waals surface area (Å²) in [5, 5.41) is 7.35. The molecule has 80 valence electrons. The Kier molecular flexibility index (Phi) is 5.46. The zero-order chi connectivity index (χ0) is 10.9. The summed E-state index contributed by atoms with van der Waals surface area (Å²) in [4.78, 5) is 0. The molecular formula is C14H19N. The molecule has 0 saturated heterocycles. The van der Waals surface area contributed by atoms with Crippen LogP contribution in [-0.2, 0) is 0 Å². The van der Waals surface area contributed by atoms with Crippen molar-refractivity contribution < 1.29 is 0 Å². The van der Waals surface area contributed by atoms with Crippen molar-refractivity contribution in [1.82, 2.24) is 0 Å². The van der Waals surface area contributed by atoms with Crippen molar-refractivity contribution in [2.45, 2.75) is 32.6 Å². The fourth-order valence-corrected chi connectivity index (χ4v) is 1.53. The van der Waals surface area contributed by atoms with Crippen molar-refractivity contribution in [2.75, 3.05) is 0 Å². The Morgan fingerprint density at radius 3 is 2.53 bits per heavy atom. The third-order valence-electron chi connectivity index (χ3n) is 2.41. The van der Waals surface area contributed by atoms with Crippen LogP contribution in [0.1, 0.15) is 38.2 Å². The second kappa shape index (κ2) is 6.99. The van der Waals surface area contributed by atoms with Gasteiger partial charge in [0.2, 0.25) is 0 Å². The van der Waals surface area contributed by atoms with Gasteiger partial charge < -0.3 is 5.41 Å². The number of hydrogen-bond donors (Lipinski definition) is 1. The molecule has 0 aliphatic carbocycles. The molecule has 0 amide bonds. The summed E-state index contributed by atoms with van der Waals surface area (Å²) in [7, 11) is 0. The number of benzene rings is 1. The molecule has 15 heavy (non-hydrogen) atoms. The van der Waals surface area contributed by atoms with Gasteiger partial charge in [-0.2, -0.15) is 0 Å². The van der Waals surface area contributed by atoms with Crippen molar-refractivity contribution in [3.63, 3.8) is 0 Å². The summed E-state index contributed by atoms with van der Waals surface area (Å²) in [5.41, 5.74) is 2.31. The summed E-state index contributed by atoms with van der Waals surface area (Å²) in [6, 6.07) is 10.2. The van der Waals surface area contributed by atoms with E-state index in [1.807, 2.05) is 18.2 Å². The van der Waals surface area contributed by atoms with E-state index in [0.29, 0.717) is 0 Å². The van der Waals surface area contributed by atoms with Gasteiger partial charge in [0.25, 0.3) is 0 Å². The zero-order valence-corrected chi connectivity index (χ0v) is 9.37. The SMILES string of the molecule is CCCCCC(C=N)=Cc1ccccc1. The standard InChI is InChI=1S/C14H19N/c1-2-3-5-10-14(12-15)11-13-8-6-4-7-9-13/h4,6-9,11-12,15H,2-3,5,10H2,1H3.